The maximum absolute atomic E-state index is 12.9. The lowest BCUT2D eigenvalue weighted by atomic mass is 10.3. The van der Waals surface area contributed by atoms with Gasteiger partial charge in [0.2, 0.25) is 10.0 Å². The predicted molar refractivity (Wildman–Crippen MR) is 73.5 cm³/mol. The van der Waals surface area contributed by atoms with Gasteiger partial charge in [0.15, 0.2) is 0 Å². The third-order valence-electron chi connectivity index (χ3n) is 2.84. The third-order valence-corrected chi connectivity index (χ3v) is 4.86. The van der Waals surface area contributed by atoms with E-state index in [0.717, 1.165) is 12.1 Å². The molecule has 5 nitrogen and oxygen atoms in total. The first-order valence-corrected chi connectivity index (χ1v) is 7.62. The Hall–Kier alpha value is -1.02. The van der Waals surface area contributed by atoms with Gasteiger partial charge >= 0.3 is 0 Å². The second-order valence-electron chi connectivity index (χ2n) is 4.37. The van der Waals surface area contributed by atoms with E-state index in [0.29, 0.717) is 0 Å². The van der Waals surface area contributed by atoms with E-state index in [1.807, 2.05) is 0 Å². The van der Waals surface area contributed by atoms with Crippen molar-refractivity contribution in [3.8, 4) is 0 Å². The summed E-state index contributed by atoms with van der Waals surface area (Å²) in [6.45, 7) is 2.50. The lowest BCUT2D eigenvalue weighted by Gasteiger charge is -2.27. The van der Waals surface area contributed by atoms with Gasteiger partial charge < -0.3 is 9.47 Å². The van der Waals surface area contributed by atoms with Crippen molar-refractivity contribution < 1.29 is 22.3 Å². The molecule has 1 unspecified atom stereocenters. The van der Waals surface area contributed by atoms with Crippen LogP contribution in [0.4, 0.5) is 4.39 Å². The molecule has 1 rings (SSSR count). The molecule has 0 saturated heterocycles. The summed E-state index contributed by atoms with van der Waals surface area (Å²) in [5, 5.41) is 0. The Morgan fingerprint density at radius 1 is 1.20 bits per heavy atom. The number of rotatable bonds is 8. The molecule has 1 aromatic rings. The van der Waals surface area contributed by atoms with Gasteiger partial charge in [0.05, 0.1) is 18.1 Å². The van der Waals surface area contributed by atoms with Crippen molar-refractivity contribution in [2.24, 2.45) is 0 Å². The molecule has 0 heterocycles. The summed E-state index contributed by atoms with van der Waals surface area (Å²) < 4.78 is 49.3. The SMILES string of the molecule is COCCN(C(C)COC)S(=O)(=O)c1ccc(F)cc1. The van der Waals surface area contributed by atoms with Crippen LogP contribution in [0.5, 0.6) is 0 Å². The molecule has 20 heavy (non-hydrogen) atoms. The zero-order chi connectivity index (χ0) is 15.2. The smallest absolute Gasteiger partial charge is 0.243 e. The van der Waals surface area contributed by atoms with Gasteiger partial charge in [-0.05, 0) is 31.2 Å². The van der Waals surface area contributed by atoms with Crippen molar-refractivity contribution in [1.82, 2.24) is 4.31 Å². The quantitative estimate of drug-likeness (QED) is 0.730. The highest BCUT2D eigenvalue weighted by atomic mass is 32.2. The lowest BCUT2D eigenvalue weighted by Crippen LogP contribution is -2.42. The van der Waals surface area contributed by atoms with E-state index in [1.165, 1.54) is 30.7 Å². The number of halogens is 1. The molecular weight excluding hydrogens is 285 g/mol. The average Bonchev–Trinajstić information content (AvgIpc) is 2.39. The van der Waals surface area contributed by atoms with E-state index in [1.54, 1.807) is 6.92 Å². The van der Waals surface area contributed by atoms with Crippen LogP contribution in [-0.2, 0) is 19.5 Å². The van der Waals surface area contributed by atoms with Gasteiger partial charge in [-0.1, -0.05) is 0 Å². The third kappa shape index (κ3) is 4.24. The topological polar surface area (TPSA) is 55.8 Å². The van der Waals surface area contributed by atoms with Gasteiger partial charge in [-0.15, -0.1) is 0 Å². The molecule has 0 N–H and O–H groups in total. The van der Waals surface area contributed by atoms with Gasteiger partial charge in [-0.3, -0.25) is 0 Å². The highest BCUT2D eigenvalue weighted by molar-refractivity contribution is 7.89. The minimum absolute atomic E-state index is 0.0537. The van der Waals surface area contributed by atoms with E-state index < -0.39 is 15.8 Å². The Kier molecular flexibility index (Phi) is 6.54. The fourth-order valence-corrected chi connectivity index (χ4v) is 3.43. The molecule has 0 amide bonds. The molecule has 0 spiro atoms. The molecule has 1 aromatic carbocycles. The highest BCUT2D eigenvalue weighted by Crippen LogP contribution is 2.18. The highest BCUT2D eigenvalue weighted by Gasteiger charge is 2.28. The van der Waals surface area contributed by atoms with Crippen LogP contribution in [0, 0.1) is 5.82 Å². The van der Waals surface area contributed by atoms with Crippen LogP contribution in [0.3, 0.4) is 0 Å². The summed E-state index contributed by atoms with van der Waals surface area (Å²) in [6, 6.07) is 4.42. The molecule has 0 aliphatic carbocycles. The minimum atomic E-state index is -3.70. The summed E-state index contributed by atoms with van der Waals surface area (Å²) in [7, 11) is -0.692. The normalized spacial score (nSPS) is 13.7. The maximum atomic E-state index is 12.9. The van der Waals surface area contributed by atoms with E-state index >= 15 is 0 Å². The zero-order valence-corrected chi connectivity index (χ0v) is 12.7. The van der Waals surface area contributed by atoms with E-state index in [4.69, 9.17) is 9.47 Å². The Balaban J connectivity index is 3.06. The van der Waals surface area contributed by atoms with Crippen LogP contribution >= 0.6 is 0 Å². The second-order valence-corrected chi connectivity index (χ2v) is 6.26. The minimum Gasteiger partial charge on any atom is -0.383 e. The number of ether oxygens (including phenoxy) is 2. The monoisotopic (exact) mass is 305 g/mol. The van der Waals surface area contributed by atoms with E-state index in [-0.39, 0.29) is 30.7 Å². The van der Waals surface area contributed by atoms with Gasteiger partial charge in [0.1, 0.15) is 5.82 Å². The standard InChI is InChI=1S/C13H20FNO4S/c1-11(10-19-3)15(8-9-18-2)20(16,17)13-6-4-12(14)5-7-13/h4-7,11H,8-10H2,1-3H3. The summed E-state index contributed by atoms with van der Waals surface area (Å²) in [5.41, 5.74) is 0. The van der Waals surface area contributed by atoms with Gasteiger partial charge in [0, 0.05) is 26.8 Å². The molecule has 0 radical (unpaired) electrons. The van der Waals surface area contributed by atoms with Gasteiger partial charge in [0.25, 0.3) is 0 Å². The first kappa shape index (κ1) is 17.0. The predicted octanol–water partition coefficient (Wildman–Crippen LogP) is 1.50. The Bertz CT molecular complexity index is 504. The van der Waals surface area contributed by atoms with Crippen LogP contribution in [0.1, 0.15) is 6.92 Å². The molecule has 0 aliphatic heterocycles. The zero-order valence-electron chi connectivity index (χ0n) is 11.9. The number of methoxy groups -OCH3 is 2. The first-order chi connectivity index (χ1) is 9.43. The summed E-state index contributed by atoms with van der Waals surface area (Å²) in [6.07, 6.45) is 0. The van der Waals surface area contributed by atoms with Gasteiger partial charge in [-0.25, -0.2) is 12.8 Å². The average molecular weight is 305 g/mol. The fraction of sp³-hybridized carbons (Fsp3) is 0.538. The number of sulfonamides is 1. The summed E-state index contributed by atoms with van der Waals surface area (Å²) in [5.74, 6) is -0.475. The largest absolute Gasteiger partial charge is 0.383 e. The van der Waals surface area contributed by atoms with E-state index in [9.17, 15) is 12.8 Å². The van der Waals surface area contributed by atoms with Crippen LogP contribution in [0.2, 0.25) is 0 Å². The number of hydrogen-bond acceptors (Lipinski definition) is 4. The Labute approximate surface area is 119 Å². The second kappa shape index (κ2) is 7.68. The van der Waals surface area contributed by atoms with Crippen molar-refractivity contribution in [2.45, 2.75) is 17.9 Å². The molecular formula is C13H20FNO4S. The van der Waals surface area contributed by atoms with Crippen LogP contribution in [-0.4, -0.2) is 52.7 Å². The molecule has 0 bridgehead atoms. The first-order valence-electron chi connectivity index (χ1n) is 6.18. The van der Waals surface area contributed by atoms with Crippen LogP contribution < -0.4 is 0 Å². The number of hydrogen-bond donors (Lipinski definition) is 0. The molecule has 0 fully saturated rings. The molecule has 114 valence electrons. The Morgan fingerprint density at radius 2 is 1.80 bits per heavy atom. The molecule has 7 heteroatoms. The van der Waals surface area contributed by atoms with Crippen molar-refractivity contribution in [3.63, 3.8) is 0 Å². The van der Waals surface area contributed by atoms with Crippen molar-refractivity contribution in [2.75, 3.05) is 34.0 Å². The van der Waals surface area contributed by atoms with E-state index in [2.05, 4.69) is 0 Å². The van der Waals surface area contributed by atoms with Gasteiger partial charge in [-0.2, -0.15) is 4.31 Å². The number of benzene rings is 1. The van der Waals surface area contributed by atoms with Crippen molar-refractivity contribution >= 4 is 10.0 Å². The Morgan fingerprint density at radius 3 is 2.30 bits per heavy atom. The molecule has 1 atom stereocenters. The lowest BCUT2D eigenvalue weighted by molar-refractivity contribution is 0.119. The van der Waals surface area contributed by atoms with Crippen LogP contribution in [0.15, 0.2) is 29.2 Å². The molecule has 0 aromatic heterocycles. The summed E-state index contributed by atoms with van der Waals surface area (Å²) in [4.78, 5) is 0.0537. The summed E-state index contributed by atoms with van der Waals surface area (Å²) >= 11 is 0. The molecule has 0 aliphatic rings. The molecule has 0 saturated carbocycles. The maximum Gasteiger partial charge on any atom is 0.243 e. The fourth-order valence-electron chi connectivity index (χ4n) is 1.83. The van der Waals surface area contributed by atoms with Crippen molar-refractivity contribution in [3.05, 3.63) is 30.1 Å². The number of nitrogens with zero attached hydrogens (tertiary/aromatic N) is 1. The van der Waals surface area contributed by atoms with Crippen LogP contribution in [0.25, 0.3) is 0 Å². The van der Waals surface area contributed by atoms with Crippen molar-refractivity contribution in [1.29, 1.82) is 0 Å².